The van der Waals surface area contributed by atoms with E-state index in [2.05, 4.69) is 0 Å². The van der Waals surface area contributed by atoms with Crippen LogP contribution in [0, 0.1) is 0 Å². The smallest absolute Gasteiger partial charge is 0.407 e. The summed E-state index contributed by atoms with van der Waals surface area (Å²) in [4.78, 5) is 26.2. The maximum absolute atomic E-state index is 11.9. The van der Waals surface area contributed by atoms with Gasteiger partial charge in [0.15, 0.2) is 0 Å². The number of hydrogen-bond donors (Lipinski definition) is 1. The van der Waals surface area contributed by atoms with Crippen LogP contribution in [0.25, 0.3) is 0 Å². The molecule has 1 saturated heterocycles. The Labute approximate surface area is 128 Å². The molecule has 2 amide bonds. The quantitative estimate of drug-likeness (QED) is 0.801. The molecule has 5 nitrogen and oxygen atoms in total. The Bertz CT molecular complexity index is 609. The molecule has 1 aromatic rings. The van der Waals surface area contributed by atoms with Gasteiger partial charge in [0.2, 0.25) is 5.91 Å². The van der Waals surface area contributed by atoms with Gasteiger partial charge in [-0.25, -0.2) is 4.79 Å². The minimum atomic E-state index is -0.877. The lowest BCUT2D eigenvalue weighted by atomic mass is 9.74. The Morgan fingerprint density at radius 3 is 2.52 bits per heavy atom. The van der Waals surface area contributed by atoms with E-state index in [0.717, 1.165) is 24.1 Å². The lowest BCUT2D eigenvalue weighted by molar-refractivity contribution is -0.116. The number of piperidine rings is 1. The maximum Gasteiger partial charge on any atom is 0.407 e. The second kappa shape index (κ2) is 4.91. The minimum Gasteiger partial charge on any atom is -0.465 e. The van der Waals surface area contributed by atoms with Crippen molar-refractivity contribution in [2.45, 2.75) is 25.2 Å². The average molecular weight is 309 g/mol. The molecule has 6 heteroatoms. The van der Waals surface area contributed by atoms with Gasteiger partial charge in [-0.1, -0.05) is 11.6 Å². The van der Waals surface area contributed by atoms with E-state index in [-0.39, 0.29) is 11.3 Å². The Kier molecular flexibility index (Phi) is 3.32. The van der Waals surface area contributed by atoms with Gasteiger partial charge < -0.3 is 14.9 Å². The molecule has 1 N–H and O–H groups in total. The number of fused-ring (bicyclic) bond motifs is 2. The molecule has 1 spiro atoms. The van der Waals surface area contributed by atoms with Crippen molar-refractivity contribution < 1.29 is 14.7 Å². The minimum absolute atomic E-state index is 0.0103. The van der Waals surface area contributed by atoms with Crippen molar-refractivity contribution in [3.63, 3.8) is 0 Å². The predicted molar refractivity (Wildman–Crippen MR) is 80.0 cm³/mol. The van der Waals surface area contributed by atoms with Crippen LogP contribution in [0.15, 0.2) is 18.2 Å². The van der Waals surface area contributed by atoms with Crippen LogP contribution in [0.3, 0.4) is 0 Å². The molecule has 0 aliphatic carbocycles. The second-order valence-electron chi connectivity index (χ2n) is 5.82. The fourth-order valence-corrected chi connectivity index (χ4v) is 3.65. The second-order valence-corrected chi connectivity index (χ2v) is 6.25. The molecular weight excluding hydrogens is 292 g/mol. The number of benzene rings is 1. The predicted octanol–water partition coefficient (Wildman–Crippen LogP) is 2.72. The molecule has 2 aliphatic rings. The number of anilines is 1. The summed E-state index contributed by atoms with van der Waals surface area (Å²) in [6.45, 7) is 3.16. The van der Waals surface area contributed by atoms with Gasteiger partial charge in [-0.2, -0.15) is 0 Å². The zero-order chi connectivity index (χ0) is 15.2. The number of carbonyl (C=O) groups is 2. The molecule has 112 valence electrons. The fourth-order valence-electron chi connectivity index (χ4n) is 3.48. The molecule has 0 bridgehead atoms. The van der Waals surface area contributed by atoms with Gasteiger partial charge in [0.25, 0.3) is 0 Å². The molecule has 0 radical (unpaired) electrons. The Balaban J connectivity index is 1.97. The SMILES string of the molecule is CC(=O)N1CC2(CCN(C(=O)O)CC2)c2cc(Cl)ccc21. The lowest BCUT2D eigenvalue weighted by Crippen LogP contribution is -2.47. The molecule has 21 heavy (non-hydrogen) atoms. The van der Waals surface area contributed by atoms with Gasteiger partial charge in [-0.3, -0.25) is 4.79 Å². The van der Waals surface area contributed by atoms with Crippen LogP contribution in [-0.4, -0.2) is 41.6 Å². The number of carboxylic acid groups (broad SMARTS) is 1. The van der Waals surface area contributed by atoms with Crippen molar-refractivity contribution in [1.82, 2.24) is 4.90 Å². The number of nitrogens with zero attached hydrogens (tertiary/aromatic N) is 2. The van der Waals surface area contributed by atoms with Gasteiger partial charge in [0.05, 0.1) is 0 Å². The monoisotopic (exact) mass is 308 g/mol. The van der Waals surface area contributed by atoms with Gasteiger partial charge in [0, 0.05) is 42.7 Å². The molecule has 1 fully saturated rings. The zero-order valence-electron chi connectivity index (χ0n) is 11.8. The van der Waals surface area contributed by atoms with Crippen molar-refractivity contribution >= 4 is 29.3 Å². The summed E-state index contributed by atoms with van der Waals surface area (Å²) >= 11 is 6.12. The van der Waals surface area contributed by atoms with Gasteiger partial charge in [-0.15, -0.1) is 0 Å². The molecule has 0 saturated carbocycles. The number of hydrogen-bond acceptors (Lipinski definition) is 2. The molecule has 3 rings (SSSR count). The van der Waals surface area contributed by atoms with Gasteiger partial charge >= 0.3 is 6.09 Å². The number of halogens is 1. The normalized spacial score (nSPS) is 19.7. The van der Waals surface area contributed by atoms with E-state index in [1.54, 1.807) is 17.9 Å². The van der Waals surface area contributed by atoms with Crippen molar-refractivity contribution in [1.29, 1.82) is 0 Å². The van der Waals surface area contributed by atoms with E-state index in [1.165, 1.54) is 4.90 Å². The summed E-state index contributed by atoms with van der Waals surface area (Å²) in [6.07, 6.45) is 0.560. The number of rotatable bonds is 0. The van der Waals surface area contributed by atoms with Crippen molar-refractivity contribution in [2.24, 2.45) is 0 Å². The molecule has 2 heterocycles. The molecule has 0 aromatic heterocycles. The Morgan fingerprint density at radius 1 is 1.29 bits per heavy atom. The summed E-state index contributed by atoms with van der Waals surface area (Å²) in [7, 11) is 0. The Hall–Kier alpha value is -1.75. The summed E-state index contributed by atoms with van der Waals surface area (Å²) in [5, 5.41) is 9.74. The van der Waals surface area contributed by atoms with E-state index >= 15 is 0 Å². The zero-order valence-corrected chi connectivity index (χ0v) is 12.6. The lowest BCUT2D eigenvalue weighted by Gasteiger charge is -2.38. The number of carbonyl (C=O) groups excluding carboxylic acids is 1. The van der Waals surface area contributed by atoms with Crippen molar-refractivity contribution in [3.8, 4) is 0 Å². The van der Waals surface area contributed by atoms with E-state index in [1.807, 2.05) is 12.1 Å². The highest BCUT2D eigenvalue weighted by Gasteiger charge is 2.46. The van der Waals surface area contributed by atoms with E-state index < -0.39 is 6.09 Å². The first kappa shape index (κ1) is 14.2. The summed E-state index contributed by atoms with van der Waals surface area (Å²) in [5.41, 5.74) is 1.82. The largest absolute Gasteiger partial charge is 0.465 e. The molecule has 0 unspecified atom stereocenters. The van der Waals surface area contributed by atoms with Crippen LogP contribution < -0.4 is 4.90 Å². The summed E-state index contributed by atoms with van der Waals surface area (Å²) in [6, 6.07) is 5.61. The van der Waals surface area contributed by atoms with E-state index in [9.17, 15) is 9.59 Å². The first-order valence-electron chi connectivity index (χ1n) is 6.99. The van der Waals surface area contributed by atoms with E-state index in [4.69, 9.17) is 16.7 Å². The Morgan fingerprint density at radius 2 is 1.95 bits per heavy atom. The molecular formula is C15H17ClN2O3. The first-order valence-corrected chi connectivity index (χ1v) is 7.37. The van der Waals surface area contributed by atoms with Gasteiger partial charge in [0.1, 0.15) is 0 Å². The molecule has 2 aliphatic heterocycles. The average Bonchev–Trinajstić information content (AvgIpc) is 2.74. The molecule has 1 aromatic carbocycles. The first-order chi connectivity index (χ1) is 9.93. The maximum atomic E-state index is 11.9. The summed E-state index contributed by atoms with van der Waals surface area (Å²) in [5.74, 6) is 0.0103. The third kappa shape index (κ3) is 2.25. The summed E-state index contributed by atoms with van der Waals surface area (Å²) < 4.78 is 0. The number of amides is 2. The van der Waals surface area contributed by atoms with Gasteiger partial charge in [-0.05, 0) is 36.6 Å². The molecule has 0 atom stereocenters. The van der Waals surface area contributed by atoms with Crippen molar-refractivity contribution in [2.75, 3.05) is 24.5 Å². The third-order valence-corrected chi connectivity index (χ3v) is 4.89. The number of likely N-dealkylation sites (tertiary alicyclic amines) is 1. The van der Waals surface area contributed by atoms with Crippen LogP contribution in [0.1, 0.15) is 25.3 Å². The van der Waals surface area contributed by atoms with E-state index in [0.29, 0.717) is 24.7 Å². The topological polar surface area (TPSA) is 60.9 Å². The highest BCUT2D eigenvalue weighted by molar-refractivity contribution is 6.30. The van der Waals surface area contributed by atoms with Crippen LogP contribution in [0.5, 0.6) is 0 Å². The van der Waals surface area contributed by atoms with Crippen LogP contribution in [0.2, 0.25) is 5.02 Å². The highest BCUT2D eigenvalue weighted by atomic mass is 35.5. The van der Waals surface area contributed by atoms with Crippen LogP contribution in [0.4, 0.5) is 10.5 Å². The standard InChI is InChI=1S/C15H17ClN2O3/c1-10(19)18-9-15(4-6-17(7-5-15)14(20)21)12-8-11(16)2-3-13(12)18/h2-3,8H,4-7,9H2,1H3,(H,20,21). The van der Waals surface area contributed by atoms with Crippen LogP contribution in [-0.2, 0) is 10.2 Å². The fraction of sp³-hybridized carbons (Fsp3) is 0.467. The van der Waals surface area contributed by atoms with Crippen molar-refractivity contribution in [3.05, 3.63) is 28.8 Å². The highest BCUT2D eigenvalue weighted by Crippen LogP contribution is 2.47. The van der Waals surface area contributed by atoms with Crippen LogP contribution >= 0.6 is 11.6 Å². The third-order valence-electron chi connectivity index (χ3n) is 4.65.